The Morgan fingerprint density at radius 2 is 1.52 bits per heavy atom. The van der Waals surface area contributed by atoms with Crippen LogP contribution in [-0.4, -0.2) is 0 Å². The van der Waals surface area contributed by atoms with Crippen LogP contribution in [0.2, 0.25) is 5.02 Å². The van der Waals surface area contributed by atoms with Crippen LogP contribution in [0.4, 0.5) is 11.4 Å². The van der Waals surface area contributed by atoms with E-state index in [1.807, 2.05) is 36.4 Å². The molecule has 0 bridgehead atoms. The number of para-hydroxylation sites is 1. The maximum absolute atomic E-state index is 6.09. The van der Waals surface area contributed by atoms with Crippen LogP contribution in [0, 0.1) is 6.92 Å². The van der Waals surface area contributed by atoms with Gasteiger partial charge in [0.2, 0.25) is 0 Å². The van der Waals surface area contributed by atoms with Gasteiger partial charge >= 0.3 is 0 Å². The van der Waals surface area contributed by atoms with Crippen LogP contribution < -0.4 is 5.32 Å². The molecule has 0 spiro atoms. The third-order valence-corrected chi connectivity index (χ3v) is 3.53. The Morgan fingerprint density at radius 3 is 2.29 bits per heavy atom. The highest BCUT2D eigenvalue weighted by molar-refractivity contribution is 6.30. The van der Waals surface area contributed by atoms with Gasteiger partial charge in [-0.1, -0.05) is 48.0 Å². The van der Waals surface area contributed by atoms with Gasteiger partial charge in [-0.2, -0.15) is 0 Å². The molecule has 0 aliphatic rings. The molecule has 0 radical (unpaired) electrons. The highest BCUT2D eigenvalue weighted by Gasteiger charge is 2.03. The van der Waals surface area contributed by atoms with Crippen molar-refractivity contribution in [3.05, 3.63) is 83.4 Å². The second-order valence-electron chi connectivity index (χ2n) is 5.09. The summed E-state index contributed by atoms with van der Waals surface area (Å²) in [4.78, 5) is 0. The van der Waals surface area contributed by atoms with Gasteiger partial charge in [0.05, 0.1) is 0 Å². The number of nitrogens with one attached hydrogen (secondary N) is 1. The fourth-order valence-corrected chi connectivity index (χ4v) is 2.57. The van der Waals surface area contributed by atoms with Gasteiger partial charge in [-0.05, 0) is 60.0 Å². The smallest absolute Gasteiger partial charge is 0.0412 e. The van der Waals surface area contributed by atoms with E-state index < -0.39 is 0 Å². The Hall–Kier alpha value is -2.25. The molecule has 0 amide bonds. The second kappa shape index (κ2) is 6.02. The molecule has 2 heteroatoms. The van der Waals surface area contributed by atoms with Gasteiger partial charge in [0.15, 0.2) is 0 Å². The average molecular weight is 294 g/mol. The van der Waals surface area contributed by atoms with Gasteiger partial charge in [0.1, 0.15) is 0 Å². The van der Waals surface area contributed by atoms with Crippen molar-refractivity contribution in [2.75, 3.05) is 5.32 Å². The summed E-state index contributed by atoms with van der Waals surface area (Å²) in [5.41, 5.74) is 5.67. The summed E-state index contributed by atoms with van der Waals surface area (Å²) in [6.45, 7) is 2.10. The Bertz CT molecular complexity index is 751. The molecule has 3 aromatic carbocycles. The quantitative estimate of drug-likeness (QED) is 0.619. The first-order chi connectivity index (χ1) is 10.2. The standard InChI is InChI=1S/C19H16ClN/c1-14-10-16(15-6-5-7-17(20)12-15)13-19(11-14)21-18-8-3-2-4-9-18/h2-13,21H,1H3. The van der Waals surface area contributed by atoms with Gasteiger partial charge in [0.25, 0.3) is 0 Å². The predicted molar refractivity (Wildman–Crippen MR) is 91.3 cm³/mol. The lowest BCUT2D eigenvalue weighted by molar-refractivity contribution is 1.44. The average Bonchev–Trinajstić information content (AvgIpc) is 2.48. The summed E-state index contributed by atoms with van der Waals surface area (Å²) >= 11 is 6.09. The SMILES string of the molecule is Cc1cc(Nc2ccccc2)cc(-c2cccc(Cl)c2)c1. The Balaban J connectivity index is 1.97. The molecular formula is C19H16ClN. The number of rotatable bonds is 3. The summed E-state index contributed by atoms with van der Waals surface area (Å²) in [5.74, 6) is 0. The summed E-state index contributed by atoms with van der Waals surface area (Å²) in [6, 6.07) is 24.6. The molecule has 0 atom stereocenters. The third kappa shape index (κ3) is 3.45. The van der Waals surface area contributed by atoms with Crippen molar-refractivity contribution in [3.8, 4) is 11.1 Å². The highest BCUT2D eigenvalue weighted by Crippen LogP contribution is 2.28. The maximum Gasteiger partial charge on any atom is 0.0412 e. The zero-order chi connectivity index (χ0) is 14.7. The van der Waals surface area contributed by atoms with Crippen LogP contribution in [0.3, 0.4) is 0 Å². The van der Waals surface area contributed by atoms with Crippen LogP contribution in [-0.2, 0) is 0 Å². The topological polar surface area (TPSA) is 12.0 Å². The lowest BCUT2D eigenvalue weighted by Gasteiger charge is -2.11. The summed E-state index contributed by atoms with van der Waals surface area (Å²) < 4.78 is 0. The molecule has 0 aliphatic carbocycles. The summed E-state index contributed by atoms with van der Waals surface area (Å²) in [6.07, 6.45) is 0. The van der Waals surface area contributed by atoms with E-state index in [-0.39, 0.29) is 0 Å². The van der Waals surface area contributed by atoms with E-state index >= 15 is 0 Å². The zero-order valence-corrected chi connectivity index (χ0v) is 12.6. The van der Waals surface area contributed by atoms with Crippen molar-refractivity contribution in [2.24, 2.45) is 0 Å². The first-order valence-corrected chi connectivity index (χ1v) is 7.28. The fraction of sp³-hybridized carbons (Fsp3) is 0.0526. The van der Waals surface area contributed by atoms with Crippen LogP contribution in [0.5, 0.6) is 0 Å². The van der Waals surface area contributed by atoms with E-state index in [9.17, 15) is 0 Å². The Kier molecular flexibility index (Phi) is 3.94. The van der Waals surface area contributed by atoms with Crippen molar-refractivity contribution in [2.45, 2.75) is 6.92 Å². The first kappa shape index (κ1) is 13.7. The van der Waals surface area contributed by atoms with Gasteiger partial charge in [-0.15, -0.1) is 0 Å². The van der Waals surface area contributed by atoms with Crippen LogP contribution in [0.1, 0.15) is 5.56 Å². The van der Waals surface area contributed by atoms with E-state index in [4.69, 9.17) is 11.6 Å². The minimum Gasteiger partial charge on any atom is -0.356 e. The minimum absolute atomic E-state index is 0.756. The van der Waals surface area contributed by atoms with Crippen LogP contribution in [0.15, 0.2) is 72.8 Å². The lowest BCUT2D eigenvalue weighted by Crippen LogP contribution is -1.91. The molecule has 0 aliphatic heterocycles. The highest BCUT2D eigenvalue weighted by atomic mass is 35.5. The Morgan fingerprint density at radius 1 is 0.714 bits per heavy atom. The van der Waals surface area contributed by atoms with Gasteiger partial charge in [-0.3, -0.25) is 0 Å². The second-order valence-corrected chi connectivity index (χ2v) is 5.53. The molecule has 0 heterocycles. The van der Waals surface area contributed by atoms with E-state index in [2.05, 4.69) is 48.6 Å². The zero-order valence-electron chi connectivity index (χ0n) is 11.8. The van der Waals surface area contributed by atoms with Gasteiger partial charge in [0, 0.05) is 16.4 Å². The molecule has 0 unspecified atom stereocenters. The molecule has 1 nitrogen and oxygen atoms in total. The number of halogens is 1. The van der Waals surface area contributed by atoms with Crippen molar-refractivity contribution in [3.63, 3.8) is 0 Å². The molecule has 3 rings (SSSR count). The van der Waals surface area contributed by atoms with Gasteiger partial charge < -0.3 is 5.32 Å². The summed E-state index contributed by atoms with van der Waals surface area (Å²) in [5, 5.41) is 4.19. The molecule has 104 valence electrons. The van der Waals surface area contributed by atoms with Crippen LogP contribution >= 0.6 is 11.6 Å². The van der Waals surface area contributed by atoms with Crippen molar-refractivity contribution >= 4 is 23.0 Å². The number of aryl methyl sites for hydroxylation is 1. The summed E-state index contributed by atoms with van der Waals surface area (Å²) in [7, 11) is 0. The minimum atomic E-state index is 0.756. The van der Waals surface area contributed by atoms with Crippen molar-refractivity contribution in [1.29, 1.82) is 0 Å². The van der Waals surface area contributed by atoms with E-state index in [0.29, 0.717) is 0 Å². The number of benzene rings is 3. The first-order valence-electron chi connectivity index (χ1n) is 6.90. The molecule has 0 fully saturated rings. The normalized spacial score (nSPS) is 10.4. The van der Waals surface area contributed by atoms with Gasteiger partial charge in [-0.25, -0.2) is 0 Å². The number of anilines is 2. The fourth-order valence-electron chi connectivity index (χ4n) is 2.38. The van der Waals surface area contributed by atoms with Crippen LogP contribution in [0.25, 0.3) is 11.1 Å². The van der Waals surface area contributed by atoms with Crippen molar-refractivity contribution < 1.29 is 0 Å². The van der Waals surface area contributed by atoms with E-state index in [0.717, 1.165) is 27.5 Å². The molecule has 3 aromatic rings. The third-order valence-electron chi connectivity index (χ3n) is 3.30. The monoisotopic (exact) mass is 293 g/mol. The molecule has 0 saturated heterocycles. The van der Waals surface area contributed by atoms with E-state index in [1.165, 1.54) is 5.56 Å². The predicted octanol–water partition coefficient (Wildman–Crippen LogP) is 6.06. The van der Waals surface area contributed by atoms with Crippen molar-refractivity contribution in [1.82, 2.24) is 0 Å². The lowest BCUT2D eigenvalue weighted by atomic mass is 10.0. The maximum atomic E-state index is 6.09. The largest absolute Gasteiger partial charge is 0.356 e. The molecular weight excluding hydrogens is 278 g/mol. The molecule has 21 heavy (non-hydrogen) atoms. The Labute approximate surface area is 130 Å². The molecule has 0 saturated carbocycles. The molecule has 1 N–H and O–H groups in total. The molecule has 0 aromatic heterocycles. The number of hydrogen-bond acceptors (Lipinski definition) is 1. The van der Waals surface area contributed by atoms with E-state index in [1.54, 1.807) is 0 Å². The number of hydrogen-bond donors (Lipinski definition) is 1.